The summed E-state index contributed by atoms with van der Waals surface area (Å²) in [5, 5.41) is 4.27. The summed E-state index contributed by atoms with van der Waals surface area (Å²) in [4.78, 5) is 29.6. The minimum absolute atomic E-state index is 0.0437. The Morgan fingerprint density at radius 3 is 2.64 bits per heavy atom. The second-order valence-corrected chi connectivity index (χ2v) is 5.12. The lowest BCUT2D eigenvalue weighted by atomic mass is 10.2. The number of nitrogens with zero attached hydrogens (tertiary/aromatic N) is 4. The lowest BCUT2D eigenvalue weighted by Gasteiger charge is -2.17. The molecule has 22 heavy (non-hydrogen) atoms. The van der Waals surface area contributed by atoms with Crippen LogP contribution in [0, 0.1) is 0 Å². The third kappa shape index (κ3) is 4.00. The van der Waals surface area contributed by atoms with Gasteiger partial charge in [0.25, 0.3) is 5.56 Å². The summed E-state index contributed by atoms with van der Waals surface area (Å²) in [7, 11) is 1.75. The molecular weight excluding hydrogens is 280 g/mol. The maximum absolute atomic E-state index is 12.1. The molecular formula is C16H20N4O2. The zero-order valence-corrected chi connectivity index (χ0v) is 12.9. The van der Waals surface area contributed by atoms with Crippen LogP contribution in [0.25, 0.3) is 11.3 Å². The minimum atomic E-state index is -0.282. The average Bonchev–Trinajstić information content (AvgIpc) is 2.55. The fraction of sp³-hybridized carbons (Fsp3) is 0.375. The van der Waals surface area contributed by atoms with Crippen molar-refractivity contribution in [2.75, 3.05) is 13.6 Å². The Kier molecular flexibility index (Phi) is 5.41. The van der Waals surface area contributed by atoms with Crippen molar-refractivity contribution in [1.82, 2.24) is 19.7 Å². The zero-order valence-electron chi connectivity index (χ0n) is 12.9. The summed E-state index contributed by atoms with van der Waals surface area (Å²) in [6.07, 6.45) is 5.29. The topological polar surface area (TPSA) is 68.1 Å². The Hall–Kier alpha value is -2.50. The molecule has 116 valence electrons. The van der Waals surface area contributed by atoms with Crippen LogP contribution in [-0.4, -0.2) is 39.2 Å². The molecule has 0 aliphatic heterocycles. The van der Waals surface area contributed by atoms with Crippen molar-refractivity contribution in [1.29, 1.82) is 0 Å². The molecule has 0 radical (unpaired) electrons. The number of likely N-dealkylation sites (N-methyl/N-ethyl adjacent to an activating group) is 1. The van der Waals surface area contributed by atoms with Crippen molar-refractivity contribution >= 4 is 5.91 Å². The summed E-state index contributed by atoms with van der Waals surface area (Å²) in [6.45, 7) is 2.72. The highest BCUT2D eigenvalue weighted by atomic mass is 16.2. The van der Waals surface area contributed by atoms with Gasteiger partial charge in [-0.25, -0.2) is 4.68 Å². The van der Waals surface area contributed by atoms with Gasteiger partial charge >= 0.3 is 0 Å². The van der Waals surface area contributed by atoms with E-state index in [2.05, 4.69) is 17.0 Å². The van der Waals surface area contributed by atoms with Gasteiger partial charge in [-0.1, -0.05) is 13.3 Å². The van der Waals surface area contributed by atoms with Crippen molar-refractivity contribution in [3.05, 3.63) is 47.0 Å². The van der Waals surface area contributed by atoms with E-state index in [-0.39, 0.29) is 18.0 Å². The van der Waals surface area contributed by atoms with Crippen LogP contribution in [0.5, 0.6) is 0 Å². The molecule has 0 spiro atoms. The van der Waals surface area contributed by atoms with E-state index in [0.29, 0.717) is 12.2 Å². The Labute approximate surface area is 129 Å². The highest BCUT2D eigenvalue weighted by molar-refractivity contribution is 5.75. The molecule has 2 rings (SSSR count). The van der Waals surface area contributed by atoms with Crippen molar-refractivity contribution < 1.29 is 4.79 Å². The number of carbonyl (C=O) groups is 1. The largest absolute Gasteiger partial charge is 0.344 e. The number of hydrogen-bond acceptors (Lipinski definition) is 4. The summed E-state index contributed by atoms with van der Waals surface area (Å²) in [5.41, 5.74) is 1.22. The third-order valence-electron chi connectivity index (χ3n) is 3.40. The standard InChI is InChI=1S/C16H20N4O2/c1-3-4-11-19(2)16(22)12-20-15(21)6-5-14(18-20)13-7-9-17-10-8-13/h5-10H,3-4,11-12H2,1-2H3. The quantitative estimate of drug-likeness (QED) is 0.812. The molecule has 0 aliphatic rings. The minimum Gasteiger partial charge on any atom is -0.344 e. The van der Waals surface area contributed by atoms with Crippen molar-refractivity contribution in [2.24, 2.45) is 0 Å². The van der Waals surface area contributed by atoms with Crippen LogP contribution in [0.3, 0.4) is 0 Å². The SMILES string of the molecule is CCCCN(C)C(=O)Cn1nc(-c2ccncc2)ccc1=O. The van der Waals surface area contributed by atoms with E-state index in [0.717, 1.165) is 18.4 Å². The van der Waals surface area contributed by atoms with Gasteiger partial charge in [0.2, 0.25) is 5.91 Å². The van der Waals surface area contributed by atoms with E-state index in [1.54, 1.807) is 30.4 Å². The Morgan fingerprint density at radius 2 is 1.95 bits per heavy atom. The summed E-state index contributed by atoms with van der Waals surface area (Å²) < 4.78 is 1.21. The molecule has 6 nitrogen and oxygen atoms in total. The van der Waals surface area contributed by atoms with Gasteiger partial charge in [-0.15, -0.1) is 0 Å². The molecule has 0 atom stereocenters. The highest BCUT2D eigenvalue weighted by Crippen LogP contribution is 2.13. The van der Waals surface area contributed by atoms with Crippen molar-refractivity contribution in [2.45, 2.75) is 26.3 Å². The predicted octanol–water partition coefficient (Wildman–Crippen LogP) is 1.56. The summed E-state index contributed by atoms with van der Waals surface area (Å²) in [6, 6.07) is 6.71. The molecule has 0 fully saturated rings. The van der Waals surface area contributed by atoms with Crippen LogP contribution >= 0.6 is 0 Å². The maximum Gasteiger partial charge on any atom is 0.267 e. The zero-order chi connectivity index (χ0) is 15.9. The lowest BCUT2D eigenvalue weighted by Crippen LogP contribution is -2.35. The van der Waals surface area contributed by atoms with Gasteiger partial charge in [-0.3, -0.25) is 14.6 Å². The molecule has 0 N–H and O–H groups in total. The first-order chi connectivity index (χ1) is 10.6. The summed E-state index contributed by atoms with van der Waals surface area (Å²) in [5.74, 6) is -0.116. The lowest BCUT2D eigenvalue weighted by molar-refractivity contribution is -0.130. The molecule has 0 unspecified atom stereocenters. The molecule has 0 bridgehead atoms. The fourth-order valence-electron chi connectivity index (χ4n) is 2.01. The maximum atomic E-state index is 12.1. The number of aromatic nitrogens is 3. The van der Waals surface area contributed by atoms with Gasteiger partial charge in [0.15, 0.2) is 0 Å². The second kappa shape index (κ2) is 7.49. The molecule has 1 amide bonds. The predicted molar refractivity (Wildman–Crippen MR) is 84.3 cm³/mol. The number of unbranched alkanes of at least 4 members (excludes halogenated alkanes) is 1. The highest BCUT2D eigenvalue weighted by Gasteiger charge is 2.11. The number of carbonyl (C=O) groups excluding carboxylic acids is 1. The fourth-order valence-corrected chi connectivity index (χ4v) is 2.01. The first-order valence-electron chi connectivity index (χ1n) is 7.34. The van der Waals surface area contributed by atoms with Crippen LogP contribution in [0.2, 0.25) is 0 Å². The number of amides is 1. The molecule has 0 saturated heterocycles. The van der Waals surface area contributed by atoms with Gasteiger partial charge in [0.05, 0.1) is 5.69 Å². The van der Waals surface area contributed by atoms with Crippen LogP contribution in [-0.2, 0) is 11.3 Å². The van der Waals surface area contributed by atoms with Crippen LogP contribution < -0.4 is 5.56 Å². The average molecular weight is 300 g/mol. The second-order valence-electron chi connectivity index (χ2n) is 5.12. The van der Waals surface area contributed by atoms with Crippen molar-refractivity contribution in [3.8, 4) is 11.3 Å². The molecule has 2 aromatic heterocycles. The molecule has 0 aliphatic carbocycles. The summed E-state index contributed by atoms with van der Waals surface area (Å²) >= 11 is 0. The smallest absolute Gasteiger partial charge is 0.267 e. The van der Waals surface area contributed by atoms with E-state index < -0.39 is 0 Å². The third-order valence-corrected chi connectivity index (χ3v) is 3.40. The van der Waals surface area contributed by atoms with Crippen LogP contribution in [0.4, 0.5) is 0 Å². The Bertz CT molecular complexity index is 682. The molecule has 6 heteroatoms. The van der Waals surface area contributed by atoms with Crippen LogP contribution in [0.15, 0.2) is 41.5 Å². The first kappa shape index (κ1) is 15.9. The molecule has 0 aromatic carbocycles. The van der Waals surface area contributed by atoms with Gasteiger partial charge < -0.3 is 4.90 Å². The molecule has 0 saturated carbocycles. The van der Waals surface area contributed by atoms with Gasteiger partial charge in [-0.2, -0.15) is 5.10 Å². The van der Waals surface area contributed by atoms with E-state index >= 15 is 0 Å². The van der Waals surface area contributed by atoms with Gasteiger partial charge in [-0.05, 0) is 24.6 Å². The van der Waals surface area contributed by atoms with Gasteiger partial charge in [0.1, 0.15) is 6.54 Å². The van der Waals surface area contributed by atoms with E-state index in [1.807, 2.05) is 12.1 Å². The number of rotatable bonds is 6. The number of hydrogen-bond donors (Lipinski definition) is 0. The Balaban J connectivity index is 2.17. The molecule has 2 aromatic rings. The molecule has 2 heterocycles. The Morgan fingerprint density at radius 1 is 1.23 bits per heavy atom. The number of pyridine rings is 1. The van der Waals surface area contributed by atoms with Crippen LogP contribution in [0.1, 0.15) is 19.8 Å². The van der Waals surface area contributed by atoms with E-state index in [1.165, 1.54) is 10.7 Å². The monoisotopic (exact) mass is 300 g/mol. The first-order valence-corrected chi connectivity index (χ1v) is 7.34. The van der Waals surface area contributed by atoms with Crippen molar-refractivity contribution in [3.63, 3.8) is 0 Å². The van der Waals surface area contributed by atoms with E-state index in [4.69, 9.17) is 0 Å². The van der Waals surface area contributed by atoms with E-state index in [9.17, 15) is 9.59 Å². The normalized spacial score (nSPS) is 10.5. The van der Waals surface area contributed by atoms with Gasteiger partial charge in [0, 0.05) is 37.6 Å².